The Hall–Kier alpha value is -0.540. The van der Waals surface area contributed by atoms with Gasteiger partial charge in [0.05, 0.1) is 0 Å². The molecule has 0 amide bonds. The molecular formula is C12H19BrN2. The number of benzene rings is 1. The van der Waals surface area contributed by atoms with Crippen LogP contribution in [0.3, 0.4) is 0 Å². The number of hydrogen-bond donors (Lipinski definition) is 1. The van der Waals surface area contributed by atoms with Gasteiger partial charge in [0.15, 0.2) is 0 Å². The minimum Gasteiger partial charge on any atom is -0.370 e. The monoisotopic (exact) mass is 270 g/mol. The Bertz CT molecular complexity index is 289. The largest absolute Gasteiger partial charge is 0.370 e. The molecule has 0 aliphatic carbocycles. The van der Waals surface area contributed by atoms with E-state index in [-0.39, 0.29) is 0 Å². The summed E-state index contributed by atoms with van der Waals surface area (Å²) in [6.45, 7) is 4.93. The zero-order chi connectivity index (χ0) is 11.1. The van der Waals surface area contributed by atoms with E-state index in [0.29, 0.717) is 6.54 Å². The molecule has 0 radical (unpaired) electrons. The fourth-order valence-electron chi connectivity index (χ4n) is 1.55. The molecule has 84 valence electrons. The molecule has 0 saturated carbocycles. The molecule has 0 saturated heterocycles. The summed E-state index contributed by atoms with van der Waals surface area (Å²) in [5.74, 6) is 0. The average molecular weight is 271 g/mol. The minimum atomic E-state index is 0.705. The highest BCUT2D eigenvalue weighted by molar-refractivity contribution is 9.10. The van der Waals surface area contributed by atoms with Crippen LogP contribution in [-0.4, -0.2) is 19.6 Å². The van der Waals surface area contributed by atoms with Crippen LogP contribution < -0.4 is 10.6 Å². The first kappa shape index (κ1) is 12.5. The van der Waals surface area contributed by atoms with Crippen molar-refractivity contribution in [1.82, 2.24) is 0 Å². The van der Waals surface area contributed by atoms with E-state index in [1.807, 2.05) is 6.07 Å². The van der Waals surface area contributed by atoms with E-state index >= 15 is 0 Å². The van der Waals surface area contributed by atoms with Gasteiger partial charge in [0, 0.05) is 29.8 Å². The average Bonchev–Trinajstić information content (AvgIpc) is 2.24. The molecule has 0 bridgehead atoms. The van der Waals surface area contributed by atoms with Gasteiger partial charge in [-0.2, -0.15) is 0 Å². The molecule has 1 aromatic carbocycles. The van der Waals surface area contributed by atoms with Crippen LogP contribution in [0.2, 0.25) is 0 Å². The highest BCUT2D eigenvalue weighted by Gasteiger charge is 2.04. The number of nitrogens with two attached hydrogens (primary N) is 1. The van der Waals surface area contributed by atoms with E-state index in [9.17, 15) is 0 Å². The first-order chi connectivity index (χ1) is 7.27. The second kappa shape index (κ2) is 6.85. The fraction of sp³-hybridized carbons (Fsp3) is 0.500. The lowest BCUT2D eigenvalue weighted by atomic mass is 10.2. The molecule has 2 nitrogen and oxygen atoms in total. The van der Waals surface area contributed by atoms with Crippen LogP contribution in [0, 0.1) is 0 Å². The summed E-state index contributed by atoms with van der Waals surface area (Å²) >= 11 is 3.49. The number of rotatable bonds is 6. The van der Waals surface area contributed by atoms with E-state index in [1.165, 1.54) is 18.5 Å². The SMILES string of the molecule is CCCCN(CCN)c1cccc(Br)c1. The molecule has 0 spiro atoms. The predicted octanol–water partition coefficient (Wildman–Crippen LogP) is 3.01. The van der Waals surface area contributed by atoms with Crippen LogP contribution in [-0.2, 0) is 0 Å². The summed E-state index contributed by atoms with van der Waals surface area (Å²) in [6.07, 6.45) is 2.43. The van der Waals surface area contributed by atoms with Crippen LogP contribution in [0.15, 0.2) is 28.7 Å². The second-order valence-electron chi connectivity index (χ2n) is 3.61. The highest BCUT2D eigenvalue weighted by Crippen LogP contribution is 2.19. The Kier molecular flexibility index (Phi) is 5.73. The summed E-state index contributed by atoms with van der Waals surface area (Å²) in [7, 11) is 0. The fourth-order valence-corrected chi connectivity index (χ4v) is 1.93. The van der Waals surface area contributed by atoms with Crippen LogP contribution in [0.1, 0.15) is 19.8 Å². The number of halogens is 1. The van der Waals surface area contributed by atoms with Gasteiger partial charge in [-0.3, -0.25) is 0 Å². The van der Waals surface area contributed by atoms with Gasteiger partial charge in [0.2, 0.25) is 0 Å². The summed E-state index contributed by atoms with van der Waals surface area (Å²) in [5, 5.41) is 0. The van der Waals surface area contributed by atoms with Crippen LogP contribution in [0.25, 0.3) is 0 Å². The first-order valence-corrected chi connectivity index (χ1v) is 6.27. The quantitative estimate of drug-likeness (QED) is 0.861. The van der Waals surface area contributed by atoms with Gasteiger partial charge in [-0.15, -0.1) is 0 Å². The maximum Gasteiger partial charge on any atom is 0.0377 e. The van der Waals surface area contributed by atoms with Gasteiger partial charge in [-0.1, -0.05) is 35.3 Å². The third-order valence-electron chi connectivity index (χ3n) is 2.35. The summed E-state index contributed by atoms with van der Waals surface area (Å²) in [5.41, 5.74) is 6.88. The topological polar surface area (TPSA) is 29.3 Å². The van der Waals surface area contributed by atoms with Gasteiger partial charge < -0.3 is 10.6 Å². The van der Waals surface area contributed by atoms with Crippen molar-refractivity contribution in [3.63, 3.8) is 0 Å². The van der Waals surface area contributed by atoms with Gasteiger partial charge >= 0.3 is 0 Å². The lowest BCUT2D eigenvalue weighted by molar-refractivity contribution is 0.715. The normalized spacial score (nSPS) is 10.3. The molecule has 15 heavy (non-hydrogen) atoms. The summed E-state index contributed by atoms with van der Waals surface area (Å²) in [4.78, 5) is 2.34. The molecule has 0 unspecified atom stereocenters. The summed E-state index contributed by atoms with van der Waals surface area (Å²) in [6, 6.07) is 8.39. The van der Waals surface area contributed by atoms with Crippen molar-refractivity contribution in [3.05, 3.63) is 28.7 Å². The maximum atomic E-state index is 5.62. The van der Waals surface area contributed by atoms with E-state index in [1.54, 1.807) is 0 Å². The third-order valence-corrected chi connectivity index (χ3v) is 2.85. The molecule has 1 rings (SSSR count). The van der Waals surface area contributed by atoms with Crippen molar-refractivity contribution in [2.75, 3.05) is 24.5 Å². The van der Waals surface area contributed by atoms with Gasteiger partial charge in [-0.25, -0.2) is 0 Å². The van der Waals surface area contributed by atoms with Crippen molar-refractivity contribution < 1.29 is 0 Å². The molecule has 2 N–H and O–H groups in total. The maximum absolute atomic E-state index is 5.62. The van der Waals surface area contributed by atoms with E-state index < -0.39 is 0 Å². The number of unbranched alkanes of at least 4 members (excludes halogenated alkanes) is 1. The van der Waals surface area contributed by atoms with Crippen molar-refractivity contribution in [3.8, 4) is 0 Å². The van der Waals surface area contributed by atoms with Crippen molar-refractivity contribution in [1.29, 1.82) is 0 Å². The second-order valence-corrected chi connectivity index (χ2v) is 4.52. The van der Waals surface area contributed by atoms with Gasteiger partial charge in [0.1, 0.15) is 0 Å². The molecule has 0 aliphatic heterocycles. The number of nitrogens with zero attached hydrogens (tertiary/aromatic N) is 1. The predicted molar refractivity (Wildman–Crippen MR) is 70.3 cm³/mol. The standard InChI is InChI=1S/C12H19BrN2/c1-2-3-8-15(9-7-14)12-6-4-5-11(13)10-12/h4-6,10H,2-3,7-9,14H2,1H3. The Morgan fingerprint density at radius 1 is 1.33 bits per heavy atom. The lowest BCUT2D eigenvalue weighted by Crippen LogP contribution is -2.30. The van der Waals surface area contributed by atoms with Crippen molar-refractivity contribution >= 4 is 21.6 Å². The van der Waals surface area contributed by atoms with Gasteiger partial charge in [-0.05, 0) is 24.6 Å². The van der Waals surface area contributed by atoms with Crippen LogP contribution >= 0.6 is 15.9 Å². The van der Waals surface area contributed by atoms with Crippen molar-refractivity contribution in [2.45, 2.75) is 19.8 Å². The Balaban J connectivity index is 2.69. The van der Waals surface area contributed by atoms with Crippen molar-refractivity contribution in [2.24, 2.45) is 5.73 Å². The molecule has 3 heteroatoms. The smallest absolute Gasteiger partial charge is 0.0377 e. The minimum absolute atomic E-state index is 0.705. The van der Waals surface area contributed by atoms with E-state index in [2.05, 4.69) is 46.0 Å². The van der Waals surface area contributed by atoms with Crippen LogP contribution in [0.4, 0.5) is 5.69 Å². The third kappa shape index (κ3) is 4.22. The molecule has 1 aromatic rings. The zero-order valence-electron chi connectivity index (χ0n) is 9.25. The Labute approximate surface area is 101 Å². The summed E-state index contributed by atoms with van der Waals surface area (Å²) < 4.78 is 1.12. The highest BCUT2D eigenvalue weighted by atomic mass is 79.9. The molecule has 0 atom stereocenters. The number of hydrogen-bond acceptors (Lipinski definition) is 2. The van der Waals surface area contributed by atoms with Crippen LogP contribution in [0.5, 0.6) is 0 Å². The molecular weight excluding hydrogens is 252 g/mol. The van der Waals surface area contributed by atoms with E-state index in [0.717, 1.165) is 17.6 Å². The molecule has 0 aliphatic rings. The molecule has 0 fully saturated rings. The Morgan fingerprint density at radius 2 is 2.13 bits per heavy atom. The zero-order valence-corrected chi connectivity index (χ0v) is 10.8. The number of anilines is 1. The molecule has 0 aromatic heterocycles. The first-order valence-electron chi connectivity index (χ1n) is 5.48. The van der Waals surface area contributed by atoms with Gasteiger partial charge in [0.25, 0.3) is 0 Å². The Morgan fingerprint density at radius 3 is 2.73 bits per heavy atom. The lowest BCUT2D eigenvalue weighted by Gasteiger charge is -2.24. The molecule has 0 heterocycles. The van der Waals surface area contributed by atoms with E-state index in [4.69, 9.17) is 5.73 Å².